The molecule has 1 aliphatic heterocycles. The maximum absolute atomic E-state index is 13.1. The fourth-order valence-corrected chi connectivity index (χ4v) is 3.84. The molecule has 0 aliphatic carbocycles. The number of rotatable bonds is 4. The van der Waals surface area contributed by atoms with Crippen molar-refractivity contribution in [2.75, 3.05) is 7.11 Å². The summed E-state index contributed by atoms with van der Waals surface area (Å²) < 4.78 is 10.9. The van der Waals surface area contributed by atoms with Crippen LogP contribution in [0.2, 0.25) is 5.02 Å². The smallest absolute Gasteiger partial charge is 0.326 e. The molecule has 0 radical (unpaired) electrons. The second kappa shape index (κ2) is 7.82. The summed E-state index contributed by atoms with van der Waals surface area (Å²) in [4.78, 5) is 37.9. The minimum absolute atomic E-state index is 0.203. The lowest BCUT2D eigenvalue weighted by molar-refractivity contribution is -0.158. The first-order chi connectivity index (χ1) is 12.8. The highest BCUT2D eigenvalue weighted by Gasteiger charge is 2.47. The van der Waals surface area contributed by atoms with E-state index in [0.717, 1.165) is 4.47 Å². The summed E-state index contributed by atoms with van der Waals surface area (Å²) >= 11 is 9.28. The van der Waals surface area contributed by atoms with Crippen LogP contribution in [-0.4, -0.2) is 24.8 Å². The van der Waals surface area contributed by atoms with E-state index in [1.165, 1.54) is 7.11 Å². The van der Waals surface area contributed by atoms with Gasteiger partial charge in [-0.3, -0.25) is 14.4 Å². The van der Waals surface area contributed by atoms with Crippen LogP contribution in [0.5, 0.6) is 5.75 Å². The number of fused-ring (bicyclic) bond motifs is 1. The summed E-state index contributed by atoms with van der Waals surface area (Å²) in [5, 5.41) is 0.516. The normalized spacial score (nSPS) is 19.6. The minimum atomic E-state index is -1.22. The molecule has 0 bridgehead atoms. The number of benzene rings is 2. The van der Waals surface area contributed by atoms with Crippen LogP contribution in [0.15, 0.2) is 46.9 Å². The molecule has 140 valence electrons. The van der Waals surface area contributed by atoms with E-state index in [1.807, 2.05) is 0 Å². The van der Waals surface area contributed by atoms with Crippen LogP contribution in [-0.2, 0) is 14.3 Å². The summed E-state index contributed by atoms with van der Waals surface area (Å²) in [6.45, 7) is 1.70. The Bertz CT molecular complexity index is 909. The lowest BCUT2D eigenvalue weighted by Gasteiger charge is -2.33. The minimum Gasteiger partial charge on any atom is -0.468 e. The lowest BCUT2D eigenvalue weighted by Crippen LogP contribution is -2.42. The fraction of sp³-hybridized carbons (Fsp3) is 0.250. The van der Waals surface area contributed by atoms with Gasteiger partial charge in [0.2, 0.25) is 0 Å². The molecule has 27 heavy (non-hydrogen) atoms. The number of esters is 2. The van der Waals surface area contributed by atoms with Crippen LogP contribution in [0.25, 0.3) is 0 Å². The number of Topliss-reactive ketones (excluding diaryl/α,β-unsaturated/α-hetero) is 1. The average Bonchev–Trinajstić information content (AvgIpc) is 2.66. The molecule has 0 spiro atoms. The number of methoxy groups -OCH3 is 1. The third kappa shape index (κ3) is 3.77. The molecule has 2 aromatic rings. The standard InChI is InChI=1S/C20H16BrClO5/c1-10(18(23)11-3-6-13(22)7-4-11)16-14-9-12(21)5-8-15(14)27-20(25)17(16)19(24)26-2/h3-10,16-17H,1-2H3/t10-,16+,17+/m0/s1. The fourth-order valence-electron chi connectivity index (χ4n) is 3.34. The average molecular weight is 452 g/mol. The molecular formula is C20H16BrClO5. The van der Waals surface area contributed by atoms with Crippen molar-refractivity contribution >= 4 is 45.3 Å². The molecule has 5 nitrogen and oxygen atoms in total. The van der Waals surface area contributed by atoms with Crippen molar-refractivity contribution in [3.63, 3.8) is 0 Å². The summed E-state index contributed by atoms with van der Waals surface area (Å²) in [5.74, 6) is -3.92. The van der Waals surface area contributed by atoms with Crippen molar-refractivity contribution < 1.29 is 23.9 Å². The highest BCUT2D eigenvalue weighted by molar-refractivity contribution is 9.10. The monoisotopic (exact) mass is 450 g/mol. The largest absolute Gasteiger partial charge is 0.468 e. The van der Waals surface area contributed by atoms with Crippen LogP contribution < -0.4 is 4.74 Å². The van der Waals surface area contributed by atoms with E-state index in [0.29, 0.717) is 21.9 Å². The van der Waals surface area contributed by atoms with E-state index < -0.39 is 29.7 Å². The molecule has 0 fully saturated rings. The Balaban J connectivity index is 2.08. The van der Waals surface area contributed by atoms with Gasteiger partial charge >= 0.3 is 11.9 Å². The van der Waals surface area contributed by atoms with Crippen LogP contribution >= 0.6 is 27.5 Å². The Morgan fingerprint density at radius 1 is 1.19 bits per heavy atom. The first kappa shape index (κ1) is 19.6. The van der Waals surface area contributed by atoms with Crippen LogP contribution in [0.1, 0.15) is 28.8 Å². The molecule has 2 aromatic carbocycles. The van der Waals surface area contributed by atoms with Gasteiger partial charge in [-0.2, -0.15) is 0 Å². The van der Waals surface area contributed by atoms with E-state index in [2.05, 4.69) is 15.9 Å². The van der Waals surface area contributed by atoms with Gasteiger partial charge in [-0.25, -0.2) is 0 Å². The molecule has 3 rings (SSSR count). The van der Waals surface area contributed by atoms with E-state index >= 15 is 0 Å². The zero-order valence-corrected chi connectivity index (χ0v) is 16.9. The molecule has 0 aromatic heterocycles. The second-order valence-corrected chi connectivity index (χ2v) is 7.64. The van der Waals surface area contributed by atoms with Crippen molar-refractivity contribution in [3.05, 3.63) is 63.1 Å². The molecule has 1 aliphatic rings. The first-order valence-corrected chi connectivity index (χ1v) is 9.39. The van der Waals surface area contributed by atoms with Gasteiger partial charge in [-0.1, -0.05) is 34.5 Å². The first-order valence-electron chi connectivity index (χ1n) is 8.22. The predicted octanol–water partition coefficient (Wildman–Crippen LogP) is 4.41. The number of carbonyl (C=O) groups excluding carboxylic acids is 3. The van der Waals surface area contributed by atoms with E-state index in [1.54, 1.807) is 49.4 Å². The SMILES string of the molecule is COC(=O)[C@@H]1C(=O)Oc2ccc(Br)cc2[C@H]1[C@H](C)C(=O)c1ccc(Cl)cc1. The Labute approximate surface area is 169 Å². The number of hydrogen-bond donors (Lipinski definition) is 0. The molecule has 0 unspecified atom stereocenters. The quantitative estimate of drug-likeness (QED) is 0.298. The van der Waals surface area contributed by atoms with Crippen molar-refractivity contribution in [2.45, 2.75) is 12.8 Å². The van der Waals surface area contributed by atoms with Gasteiger partial charge in [-0.15, -0.1) is 0 Å². The molecule has 0 saturated carbocycles. The Morgan fingerprint density at radius 2 is 1.85 bits per heavy atom. The summed E-state index contributed by atoms with van der Waals surface area (Å²) in [7, 11) is 1.20. The summed E-state index contributed by atoms with van der Waals surface area (Å²) in [6.07, 6.45) is 0. The van der Waals surface area contributed by atoms with Gasteiger partial charge < -0.3 is 9.47 Å². The lowest BCUT2D eigenvalue weighted by atomic mass is 9.73. The molecule has 1 heterocycles. The van der Waals surface area contributed by atoms with Crippen LogP contribution in [0, 0.1) is 11.8 Å². The zero-order chi connectivity index (χ0) is 19.7. The van der Waals surface area contributed by atoms with Gasteiger partial charge in [0.25, 0.3) is 0 Å². The molecule has 0 saturated heterocycles. The molecule has 7 heteroatoms. The van der Waals surface area contributed by atoms with Crippen LogP contribution in [0.3, 0.4) is 0 Å². The number of hydrogen-bond acceptors (Lipinski definition) is 5. The third-order valence-electron chi connectivity index (χ3n) is 4.69. The van der Waals surface area contributed by atoms with Gasteiger partial charge in [0.1, 0.15) is 5.75 Å². The Kier molecular flexibility index (Phi) is 5.67. The maximum atomic E-state index is 13.1. The molecule has 0 amide bonds. The number of halogens is 2. The summed E-state index contributed by atoms with van der Waals surface area (Å²) in [5.41, 5.74) is 1.06. The van der Waals surface area contributed by atoms with Crippen LogP contribution in [0.4, 0.5) is 0 Å². The highest BCUT2D eigenvalue weighted by atomic mass is 79.9. The van der Waals surface area contributed by atoms with Gasteiger partial charge in [-0.05, 0) is 42.5 Å². The topological polar surface area (TPSA) is 69.7 Å². The summed E-state index contributed by atoms with van der Waals surface area (Å²) in [6, 6.07) is 11.6. The molecule has 3 atom stereocenters. The number of carbonyl (C=O) groups is 3. The van der Waals surface area contributed by atoms with Gasteiger partial charge in [0.05, 0.1) is 7.11 Å². The second-order valence-electron chi connectivity index (χ2n) is 6.29. The molecule has 0 N–H and O–H groups in total. The van der Waals surface area contributed by atoms with Crippen molar-refractivity contribution in [2.24, 2.45) is 11.8 Å². The van der Waals surface area contributed by atoms with Crippen molar-refractivity contribution in [1.29, 1.82) is 0 Å². The van der Waals surface area contributed by atoms with E-state index in [4.69, 9.17) is 21.1 Å². The van der Waals surface area contributed by atoms with Crippen molar-refractivity contribution in [3.8, 4) is 5.75 Å². The predicted molar refractivity (Wildman–Crippen MR) is 103 cm³/mol. The highest BCUT2D eigenvalue weighted by Crippen LogP contribution is 2.44. The Morgan fingerprint density at radius 3 is 2.48 bits per heavy atom. The number of ether oxygens (including phenoxy) is 2. The zero-order valence-electron chi connectivity index (χ0n) is 14.6. The van der Waals surface area contributed by atoms with Gasteiger partial charge in [0, 0.05) is 32.5 Å². The molecular weight excluding hydrogens is 436 g/mol. The van der Waals surface area contributed by atoms with E-state index in [-0.39, 0.29) is 5.78 Å². The maximum Gasteiger partial charge on any atom is 0.326 e. The Hall–Kier alpha value is -2.18. The number of ketones is 1. The van der Waals surface area contributed by atoms with Crippen molar-refractivity contribution in [1.82, 2.24) is 0 Å². The third-order valence-corrected chi connectivity index (χ3v) is 5.44. The van der Waals surface area contributed by atoms with E-state index in [9.17, 15) is 14.4 Å². The van der Waals surface area contributed by atoms with Gasteiger partial charge in [0.15, 0.2) is 11.7 Å².